The molecule has 1 aromatic carbocycles. The number of aliphatic hydroxyl groups excluding tert-OH is 2. The van der Waals surface area contributed by atoms with Gasteiger partial charge >= 0.3 is 12.1 Å². The lowest BCUT2D eigenvalue weighted by atomic mass is 10.0. The van der Waals surface area contributed by atoms with Gasteiger partial charge < -0.3 is 20.3 Å². The van der Waals surface area contributed by atoms with Gasteiger partial charge in [0, 0.05) is 0 Å². The molecule has 0 bridgehead atoms. The minimum absolute atomic E-state index is 0.129. The maximum atomic E-state index is 13.0. The Hall–Kier alpha value is -2.20. The smallest absolute Gasteiger partial charge is 0.417 e. The molecule has 1 rings (SSSR count). The normalized spacial score (nSPS) is 14.0. The zero-order valence-corrected chi connectivity index (χ0v) is 11.7. The predicted octanol–water partition coefficient (Wildman–Crippen LogP) is 0.469. The third kappa shape index (κ3) is 4.63. The van der Waals surface area contributed by atoms with Gasteiger partial charge in [-0.25, -0.2) is 9.18 Å². The Morgan fingerprint density at radius 3 is 2.43 bits per heavy atom. The van der Waals surface area contributed by atoms with Gasteiger partial charge in [-0.3, -0.25) is 4.79 Å². The number of carbonyl (C=O) groups is 2. The van der Waals surface area contributed by atoms with Crippen LogP contribution in [-0.4, -0.2) is 48.0 Å². The van der Waals surface area contributed by atoms with Gasteiger partial charge in [0.05, 0.1) is 24.8 Å². The quantitative estimate of drug-likeness (QED) is 0.535. The highest BCUT2D eigenvalue weighted by Crippen LogP contribution is 2.32. The predicted molar refractivity (Wildman–Crippen MR) is 67.8 cm³/mol. The van der Waals surface area contributed by atoms with Gasteiger partial charge in [-0.15, -0.1) is 0 Å². The van der Waals surface area contributed by atoms with E-state index in [-0.39, 0.29) is 6.07 Å². The second-order valence-corrected chi connectivity index (χ2v) is 4.41. The summed E-state index contributed by atoms with van der Waals surface area (Å²) in [5, 5.41) is 20.1. The molecule has 0 fully saturated rings. The zero-order chi connectivity index (χ0) is 17.8. The molecule has 1 aromatic rings. The first kappa shape index (κ1) is 18.8. The maximum absolute atomic E-state index is 13.0. The van der Waals surface area contributed by atoms with Crippen LogP contribution in [0.3, 0.4) is 0 Å². The third-order valence-electron chi connectivity index (χ3n) is 2.85. The van der Waals surface area contributed by atoms with Gasteiger partial charge in [-0.2, -0.15) is 13.2 Å². The van der Waals surface area contributed by atoms with E-state index >= 15 is 0 Å². The summed E-state index contributed by atoms with van der Waals surface area (Å²) in [6.07, 6.45) is -6.80. The summed E-state index contributed by atoms with van der Waals surface area (Å²) in [5.74, 6) is -3.76. The highest BCUT2D eigenvalue weighted by Gasteiger charge is 2.37. The van der Waals surface area contributed by atoms with Crippen LogP contribution < -0.4 is 5.32 Å². The number of methoxy groups -OCH3 is 1. The van der Waals surface area contributed by atoms with Crippen molar-refractivity contribution in [2.24, 2.45) is 0 Å². The molecule has 0 aliphatic heterocycles. The van der Waals surface area contributed by atoms with E-state index in [1.807, 2.05) is 5.32 Å². The maximum Gasteiger partial charge on any atom is 0.417 e. The largest absolute Gasteiger partial charge is 0.467 e. The Labute approximate surface area is 127 Å². The number of halogens is 4. The van der Waals surface area contributed by atoms with Crippen LogP contribution in [0.5, 0.6) is 0 Å². The molecule has 3 N–H and O–H groups in total. The van der Waals surface area contributed by atoms with E-state index in [1.54, 1.807) is 0 Å². The number of benzene rings is 1. The number of rotatable bonds is 5. The number of nitrogens with one attached hydrogen (secondary N) is 1. The van der Waals surface area contributed by atoms with Gasteiger partial charge in [-0.1, -0.05) is 0 Å². The van der Waals surface area contributed by atoms with Crippen LogP contribution in [0.2, 0.25) is 0 Å². The van der Waals surface area contributed by atoms with Crippen LogP contribution in [-0.2, 0) is 15.7 Å². The molecule has 1 amide bonds. The number of hydrogen-bond donors (Lipinski definition) is 3. The Morgan fingerprint density at radius 2 is 1.96 bits per heavy atom. The Bertz CT molecular complexity index is 590. The van der Waals surface area contributed by atoms with E-state index in [1.165, 1.54) is 0 Å². The second-order valence-electron chi connectivity index (χ2n) is 4.41. The minimum atomic E-state index is -5.01. The summed E-state index contributed by atoms with van der Waals surface area (Å²) >= 11 is 0. The van der Waals surface area contributed by atoms with Crippen molar-refractivity contribution in [1.29, 1.82) is 0 Å². The summed E-state index contributed by atoms with van der Waals surface area (Å²) in [7, 11) is 0.921. The molecule has 0 heterocycles. The number of amides is 1. The van der Waals surface area contributed by atoms with Gasteiger partial charge in [0.15, 0.2) is 6.04 Å². The third-order valence-corrected chi connectivity index (χ3v) is 2.85. The van der Waals surface area contributed by atoms with E-state index in [0.717, 1.165) is 7.11 Å². The fourth-order valence-corrected chi connectivity index (χ4v) is 1.71. The van der Waals surface area contributed by atoms with Crippen molar-refractivity contribution in [3.05, 3.63) is 35.1 Å². The Balaban J connectivity index is 3.16. The van der Waals surface area contributed by atoms with Crippen LogP contribution in [0.1, 0.15) is 15.9 Å². The van der Waals surface area contributed by atoms with Crippen LogP contribution in [0.4, 0.5) is 17.6 Å². The van der Waals surface area contributed by atoms with Crippen LogP contribution in [0, 0.1) is 5.82 Å². The molecule has 10 heteroatoms. The molecule has 2 atom stereocenters. The van der Waals surface area contributed by atoms with Crippen LogP contribution in [0.25, 0.3) is 0 Å². The average Bonchev–Trinajstić information content (AvgIpc) is 2.49. The van der Waals surface area contributed by atoms with E-state index in [9.17, 15) is 32.3 Å². The monoisotopic (exact) mass is 339 g/mol. The number of alkyl halides is 3. The molecular formula is C13H13F4NO5. The molecule has 0 radical (unpaired) electrons. The van der Waals surface area contributed by atoms with Gasteiger partial charge in [0.1, 0.15) is 11.9 Å². The first-order valence-corrected chi connectivity index (χ1v) is 6.16. The number of carbonyl (C=O) groups excluding carboxylic acids is 2. The summed E-state index contributed by atoms with van der Waals surface area (Å²) in [5.41, 5.74) is -2.49. The molecule has 0 aliphatic rings. The van der Waals surface area contributed by atoms with Crippen molar-refractivity contribution in [1.82, 2.24) is 5.32 Å². The first-order valence-electron chi connectivity index (χ1n) is 6.16. The Morgan fingerprint density at radius 1 is 1.35 bits per heavy atom. The van der Waals surface area contributed by atoms with E-state index in [0.29, 0.717) is 12.1 Å². The minimum Gasteiger partial charge on any atom is -0.467 e. The molecule has 23 heavy (non-hydrogen) atoms. The highest BCUT2D eigenvalue weighted by atomic mass is 19.4. The Kier molecular flexibility index (Phi) is 6.05. The fourth-order valence-electron chi connectivity index (χ4n) is 1.71. The second kappa shape index (κ2) is 7.38. The SMILES string of the molecule is COC(=O)C(NC(=O)c1ccc(F)cc1C(F)(F)F)C(O)CO. The lowest BCUT2D eigenvalue weighted by Gasteiger charge is -2.21. The van der Waals surface area contributed by atoms with Crippen LogP contribution in [0.15, 0.2) is 18.2 Å². The first-order chi connectivity index (χ1) is 10.6. The van der Waals surface area contributed by atoms with Crippen molar-refractivity contribution in [3.8, 4) is 0 Å². The van der Waals surface area contributed by atoms with Crippen molar-refractivity contribution < 1.29 is 42.1 Å². The molecule has 6 nitrogen and oxygen atoms in total. The number of aliphatic hydroxyl groups is 2. The zero-order valence-electron chi connectivity index (χ0n) is 11.7. The molecule has 0 saturated carbocycles. The van der Waals surface area contributed by atoms with Crippen molar-refractivity contribution in [3.63, 3.8) is 0 Å². The summed E-state index contributed by atoms with van der Waals surface area (Å²) in [4.78, 5) is 23.4. The molecule has 2 unspecified atom stereocenters. The molecule has 128 valence electrons. The number of esters is 1. The van der Waals surface area contributed by atoms with E-state index in [4.69, 9.17) is 5.11 Å². The van der Waals surface area contributed by atoms with Crippen LogP contribution >= 0.6 is 0 Å². The molecule has 0 aliphatic carbocycles. The molecule has 0 saturated heterocycles. The fraction of sp³-hybridized carbons (Fsp3) is 0.385. The van der Waals surface area contributed by atoms with E-state index < -0.39 is 53.7 Å². The van der Waals surface area contributed by atoms with Gasteiger partial charge in [0.2, 0.25) is 0 Å². The highest BCUT2D eigenvalue weighted by molar-refractivity contribution is 5.98. The summed E-state index contributed by atoms with van der Waals surface area (Å²) in [6, 6.07) is -0.430. The summed E-state index contributed by atoms with van der Waals surface area (Å²) < 4.78 is 55.8. The van der Waals surface area contributed by atoms with Crippen molar-refractivity contribution >= 4 is 11.9 Å². The molecule has 0 spiro atoms. The lowest BCUT2D eigenvalue weighted by molar-refractivity contribution is -0.146. The van der Waals surface area contributed by atoms with E-state index in [2.05, 4.69) is 4.74 Å². The van der Waals surface area contributed by atoms with Crippen molar-refractivity contribution in [2.75, 3.05) is 13.7 Å². The average molecular weight is 339 g/mol. The standard InChI is InChI=1S/C13H13F4NO5/c1-23-12(22)10(9(20)5-19)18-11(21)7-3-2-6(14)4-8(7)13(15,16)17/h2-4,9-10,19-20H,5H2,1H3,(H,18,21). The van der Waals surface area contributed by atoms with Gasteiger partial charge in [-0.05, 0) is 18.2 Å². The molecular weight excluding hydrogens is 326 g/mol. The van der Waals surface area contributed by atoms with Crippen molar-refractivity contribution in [2.45, 2.75) is 18.3 Å². The summed E-state index contributed by atoms with van der Waals surface area (Å²) in [6.45, 7) is -0.949. The lowest BCUT2D eigenvalue weighted by Crippen LogP contribution is -2.50. The topological polar surface area (TPSA) is 95.9 Å². The number of hydrogen-bond acceptors (Lipinski definition) is 5. The van der Waals surface area contributed by atoms with Gasteiger partial charge in [0.25, 0.3) is 5.91 Å². The number of ether oxygens (including phenoxy) is 1. The molecule has 0 aromatic heterocycles.